The molecule has 37 heavy (non-hydrogen) atoms. The smallest absolute Gasteiger partial charge is 0.259 e. The molecule has 1 aromatic heterocycles. The van der Waals surface area contributed by atoms with Crippen molar-refractivity contribution < 1.29 is 18.7 Å². The monoisotopic (exact) mass is 531 g/mol. The number of hydrogen-bond acceptors (Lipinski definition) is 7. The molecule has 7 nitrogen and oxygen atoms in total. The Morgan fingerprint density at radius 1 is 1.03 bits per heavy atom. The van der Waals surface area contributed by atoms with Crippen LogP contribution in [-0.4, -0.2) is 60.5 Å². The Kier molecular flexibility index (Phi) is 7.49. The van der Waals surface area contributed by atoms with Gasteiger partial charge in [0, 0.05) is 56.1 Å². The first-order valence-electron chi connectivity index (χ1n) is 13.1. The summed E-state index contributed by atoms with van der Waals surface area (Å²) in [6.45, 7) is 4.33. The zero-order valence-corrected chi connectivity index (χ0v) is 22.0. The summed E-state index contributed by atoms with van der Waals surface area (Å²) in [4.78, 5) is 22.5. The summed E-state index contributed by atoms with van der Waals surface area (Å²) >= 11 is 1.37. The fourth-order valence-electron chi connectivity index (χ4n) is 5.27. The lowest BCUT2D eigenvalue weighted by Crippen LogP contribution is -2.39. The number of amides is 1. The molecule has 1 saturated carbocycles. The maximum absolute atomic E-state index is 13.7. The predicted molar refractivity (Wildman–Crippen MR) is 146 cm³/mol. The maximum Gasteiger partial charge on any atom is 0.259 e. The van der Waals surface area contributed by atoms with Crippen LogP contribution in [-0.2, 0) is 0 Å². The Morgan fingerprint density at radius 3 is 2.41 bits per heavy atom. The number of carbonyl (C=O) groups excluding carboxylic acids is 1. The molecule has 2 aliphatic heterocycles. The number of pyridine rings is 1. The second-order valence-electron chi connectivity index (χ2n) is 10.6. The molecule has 3 fully saturated rings. The molecule has 0 atom stereocenters. The third-order valence-electron chi connectivity index (χ3n) is 7.75. The summed E-state index contributed by atoms with van der Waals surface area (Å²) in [5.41, 5.74) is 3.44. The van der Waals surface area contributed by atoms with Gasteiger partial charge in [-0.1, -0.05) is 0 Å². The summed E-state index contributed by atoms with van der Waals surface area (Å²) < 4.78 is 30.5. The van der Waals surface area contributed by atoms with Gasteiger partial charge in [0.25, 0.3) is 11.8 Å². The SMILES string of the molecule is Cc1cc(NC(=O)c2ccc(NSCCO)nc2N2CCC3(CC2)CC3)cc(N2CCC(F)(F)CC2)c1. The van der Waals surface area contributed by atoms with Crippen molar-refractivity contribution in [3.05, 3.63) is 41.5 Å². The molecule has 0 bridgehead atoms. The van der Waals surface area contributed by atoms with Crippen molar-refractivity contribution in [2.75, 3.05) is 58.4 Å². The lowest BCUT2D eigenvalue weighted by molar-refractivity contribution is -0.0220. The van der Waals surface area contributed by atoms with E-state index in [1.165, 1.54) is 24.8 Å². The third kappa shape index (κ3) is 6.29. The Labute approximate surface area is 221 Å². The second kappa shape index (κ2) is 10.6. The van der Waals surface area contributed by atoms with Crippen molar-refractivity contribution in [1.82, 2.24) is 4.98 Å². The van der Waals surface area contributed by atoms with E-state index in [-0.39, 0.29) is 38.4 Å². The van der Waals surface area contributed by atoms with Gasteiger partial charge in [0.05, 0.1) is 12.2 Å². The number of aryl methyl sites for hydroxylation is 1. The zero-order valence-electron chi connectivity index (χ0n) is 21.2. The largest absolute Gasteiger partial charge is 0.395 e. The lowest BCUT2D eigenvalue weighted by atomic mass is 9.93. The average molecular weight is 532 g/mol. The van der Waals surface area contributed by atoms with Crippen LogP contribution in [0.15, 0.2) is 30.3 Å². The number of benzene rings is 1. The highest BCUT2D eigenvalue weighted by Crippen LogP contribution is 2.54. The van der Waals surface area contributed by atoms with Crippen molar-refractivity contribution in [3.63, 3.8) is 0 Å². The molecule has 200 valence electrons. The van der Waals surface area contributed by atoms with E-state index in [1.54, 1.807) is 12.1 Å². The topological polar surface area (TPSA) is 80.7 Å². The van der Waals surface area contributed by atoms with Gasteiger partial charge in [-0.25, -0.2) is 13.8 Å². The number of carbonyl (C=O) groups is 1. The van der Waals surface area contributed by atoms with E-state index in [1.807, 2.05) is 30.0 Å². The molecule has 3 heterocycles. The van der Waals surface area contributed by atoms with Crippen LogP contribution < -0.4 is 19.8 Å². The number of alkyl halides is 2. The Morgan fingerprint density at radius 2 is 1.73 bits per heavy atom. The average Bonchev–Trinajstić information content (AvgIpc) is 3.62. The molecule has 1 aliphatic carbocycles. The van der Waals surface area contributed by atoms with Gasteiger partial charge >= 0.3 is 0 Å². The van der Waals surface area contributed by atoms with E-state index in [0.717, 1.165) is 37.2 Å². The van der Waals surface area contributed by atoms with Gasteiger partial charge in [0.2, 0.25) is 0 Å². The highest BCUT2D eigenvalue weighted by atomic mass is 32.2. The number of nitrogens with one attached hydrogen (secondary N) is 2. The minimum Gasteiger partial charge on any atom is -0.395 e. The molecule has 2 aromatic rings. The number of hydrogen-bond donors (Lipinski definition) is 3. The quantitative estimate of drug-likeness (QED) is 0.315. The number of piperidine rings is 2. The number of nitrogens with zero attached hydrogens (tertiary/aromatic N) is 3. The number of aliphatic hydroxyl groups excluding tert-OH is 1. The van der Waals surface area contributed by atoms with Crippen LogP contribution in [0.1, 0.15) is 54.4 Å². The van der Waals surface area contributed by atoms with E-state index < -0.39 is 5.92 Å². The van der Waals surface area contributed by atoms with Crippen LogP contribution in [0.2, 0.25) is 0 Å². The first-order chi connectivity index (χ1) is 17.8. The molecule has 3 aliphatic rings. The fourth-order valence-corrected chi connectivity index (χ4v) is 5.73. The number of aliphatic hydroxyl groups is 1. The lowest BCUT2D eigenvalue weighted by Gasteiger charge is -2.34. The molecule has 0 radical (unpaired) electrons. The van der Waals surface area contributed by atoms with E-state index >= 15 is 0 Å². The van der Waals surface area contributed by atoms with Gasteiger partial charge in [-0.15, -0.1) is 0 Å². The minimum atomic E-state index is -2.61. The molecule has 1 aromatic carbocycles. The van der Waals surface area contributed by atoms with Crippen LogP contribution in [0, 0.1) is 12.3 Å². The number of anilines is 4. The Balaban J connectivity index is 1.35. The Hall–Kier alpha value is -2.59. The van der Waals surface area contributed by atoms with E-state index in [0.29, 0.717) is 34.1 Å². The van der Waals surface area contributed by atoms with Gasteiger partial charge in [0.15, 0.2) is 0 Å². The van der Waals surface area contributed by atoms with Gasteiger partial charge in [-0.05, 0) is 85.9 Å². The van der Waals surface area contributed by atoms with Gasteiger partial charge in [0.1, 0.15) is 11.6 Å². The number of aromatic nitrogens is 1. The van der Waals surface area contributed by atoms with Crippen molar-refractivity contribution in [1.29, 1.82) is 0 Å². The number of rotatable bonds is 8. The van der Waals surface area contributed by atoms with E-state index in [2.05, 4.69) is 14.9 Å². The standard InChI is InChI=1S/C27H35F2N5O2S/c1-19-16-20(18-21(17-19)33-12-8-27(28,29)9-13-33)30-25(36)22-2-3-23(32-37-15-14-35)31-24(22)34-10-6-26(4-5-26)7-11-34/h2-3,16-18,35H,4-15H2,1H3,(H,30,36)(H,31,32). The molecule has 0 unspecified atom stereocenters. The van der Waals surface area contributed by atoms with Crippen LogP contribution in [0.3, 0.4) is 0 Å². The van der Waals surface area contributed by atoms with Crippen molar-refractivity contribution in [3.8, 4) is 0 Å². The molecular weight excluding hydrogens is 496 g/mol. The van der Waals surface area contributed by atoms with E-state index in [4.69, 9.17) is 10.1 Å². The van der Waals surface area contributed by atoms with Gasteiger partial charge in [-0.3, -0.25) is 4.79 Å². The molecule has 1 spiro atoms. The molecular formula is C27H35F2N5O2S. The fraction of sp³-hybridized carbons (Fsp3) is 0.556. The van der Waals surface area contributed by atoms with Gasteiger partial charge in [-0.2, -0.15) is 0 Å². The first-order valence-corrected chi connectivity index (χ1v) is 14.1. The zero-order chi connectivity index (χ0) is 26.0. The third-order valence-corrected chi connectivity index (χ3v) is 8.49. The Bertz CT molecular complexity index is 1120. The van der Waals surface area contributed by atoms with Crippen molar-refractivity contribution in [2.45, 2.75) is 51.4 Å². The summed E-state index contributed by atoms with van der Waals surface area (Å²) in [5.74, 6) is -1.00. The summed E-state index contributed by atoms with van der Waals surface area (Å²) in [7, 11) is 0. The second-order valence-corrected chi connectivity index (χ2v) is 11.5. The van der Waals surface area contributed by atoms with Crippen LogP contribution in [0.5, 0.6) is 0 Å². The molecule has 2 saturated heterocycles. The van der Waals surface area contributed by atoms with Crippen LogP contribution in [0.4, 0.5) is 31.8 Å². The predicted octanol–water partition coefficient (Wildman–Crippen LogP) is 5.31. The molecule has 10 heteroatoms. The van der Waals surface area contributed by atoms with E-state index in [9.17, 15) is 13.6 Å². The molecule has 1 amide bonds. The minimum absolute atomic E-state index is 0.0670. The maximum atomic E-state index is 13.7. The highest BCUT2D eigenvalue weighted by molar-refractivity contribution is 8.00. The van der Waals surface area contributed by atoms with Crippen molar-refractivity contribution >= 4 is 40.9 Å². The van der Waals surface area contributed by atoms with Crippen molar-refractivity contribution in [2.24, 2.45) is 5.41 Å². The molecule has 5 rings (SSSR count). The van der Waals surface area contributed by atoms with Crippen LogP contribution in [0.25, 0.3) is 0 Å². The normalized spacial score (nSPS) is 20.1. The molecule has 3 N–H and O–H groups in total. The summed E-state index contributed by atoms with van der Waals surface area (Å²) in [6, 6.07) is 9.31. The first kappa shape index (κ1) is 26.0. The van der Waals surface area contributed by atoms with Gasteiger partial charge < -0.3 is 24.9 Å². The summed E-state index contributed by atoms with van der Waals surface area (Å²) in [5, 5.41) is 12.1. The highest BCUT2D eigenvalue weighted by Gasteiger charge is 2.45. The van der Waals surface area contributed by atoms with Crippen LogP contribution >= 0.6 is 11.9 Å². The number of halogens is 2. The summed E-state index contributed by atoms with van der Waals surface area (Å²) in [6.07, 6.45) is 4.50.